The Bertz CT molecular complexity index is 599. The summed E-state index contributed by atoms with van der Waals surface area (Å²) in [5.74, 6) is -1.63. The number of ether oxygens (including phenoxy) is 1. The molecule has 2 rings (SSSR count). The third-order valence-electron chi connectivity index (χ3n) is 3.34. The van der Waals surface area contributed by atoms with Gasteiger partial charge in [-0.25, -0.2) is 8.42 Å². The molecule has 0 bridgehead atoms. The highest BCUT2D eigenvalue weighted by Crippen LogP contribution is 2.26. The van der Waals surface area contributed by atoms with Gasteiger partial charge in [-0.05, 0) is 12.1 Å². The van der Waals surface area contributed by atoms with Crippen LogP contribution in [0.4, 0.5) is 5.69 Å². The van der Waals surface area contributed by atoms with Crippen LogP contribution in [-0.2, 0) is 19.4 Å². The molecule has 2 atom stereocenters. The van der Waals surface area contributed by atoms with Crippen molar-refractivity contribution in [3.63, 3.8) is 0 Å². The van der Waals surface area contributed by atoms with E-state index in [1.165, 1.54) is 6.07 Å². The van der Waals surface area contributed by atoms with Gasteiger partial charge in [0, 0.05) is 0 Å². The zero-order chi connectivity index (χ0) is 14.8. The van der Waals surface area contributed by atoms with Gasteiger partial charge in [-0.15, -0.1) is 0 Å². The molecule has 2 N–H and O–H groups in total. The largest absolute Gasteiger partial charge is 0.481 e. The Balaban J connectivity index is 2.28. The van der Waals surface area contributed by atoms with Crippen molar-refractivity contribution in [2.45, 2.75) is 17.9 Å². The van der Waals surface area contributed by atoms with Crippen LogP contribution in [0.1, 0.15) is 6.92 Å². The molecular formula is C13H17NO5S. The molecule has 1 aromatic rings. The molecule has 0 aromatic heterocycles. The number of benzene rings is 1. The molecule has 110 valence electrons. The lowest BCUT2D eigenvalue weighted by Gasteiger charge is -2.19. The van der Waals surface area contributed by atoms with E-state index in [2.05, 4.69) is 5.32 Å². The van der Waals surface area contributed by atoms with E-state index in [4.69, 9.17) is 9.84 Å². The van der Waals surface area contributed by atoms with Gasteiger partial charge in [-0.3, -0.25) is 4.79 Å². The number of hydrogen-bond acceptors (Lipinski definition) is 5. The maximum Gasteiger partial charge on any atom is 0.311 e. The predicted octanol–water partition coefficient (Wildman–Crippen LogP) is 0.992. The quantitative estimate of drug-likeness (QED) is 0.842. The number of anilines is 1. The summed E-state index contributed by atoms with van der Waals surface area (Å²) in [4.78, 5) is 11.3. The summed E-state index contributed by atoms with van der Waals surface area (Å²) in [5, 5.41) is 12.1. The first-order valence-electron chi connectivity index (χ1n) is 6.34. The second-order valence-corrected chi connectivity index (χ2v) is 6.88. The number of rotatable bonds is 5. The molecule has 6 nitrogen and oxygen atoms in total. The average molecular weight is 299 g/mol. The van der Waals surface area contributed by atoms with E-state index in [1.54, 1.807) is 25.1 Å². The van der Waals surface area contributed by atoms with Gasteiger partial charge in [-0.1, -0.05) is 19.1 Å². The highest BCUT2D eigenvalue weighted by Gasteiger charge is 2.34. The smallest absolute Gasteiger partial charge is 0.311 e. The zero-order valence-electron chi connectivity index (χ0n) is 11.1. The number of hydrogen-bond donors (Lipinski definition) is 2. The molecule has 1 aliphatic heterocycles. The first-order valence-corrected chi connectivity index (χ1v) is 8.00. The molecule has 20 heavy (non-hydrogen) atoms. The third kappa shape index (κ3) is 2.94. The SMILES string of the molecule is CCS(=O)(=O)c1ccccc1NC1COCC1C(=O)O. The van der Waals surface area contributed by atoms with Crippen molar-refractivity contribution >= 4 is 21.5 Å². The van der Waals surface area contributed by atoms with Crippen LogP contribution in [0.2, 0.25) is 0 Å². The predicted molar refractivity (Wildman–Crippen MR) is 73.5 cm³/mol. The molecule has 1 fully saturated rings. The van der Waals surface area contributed by atoms with E-state index in [1.807, 2.05) is 0 Å². The van der Waals surface area contributed by atoms with E-state index in [0.29, 0.717) is 5.69 Å². The molecule has 0 spiro atoms. The molecule has 7 heteroatoms. The summed E-state index contributed by atoms with van der Waals surface area (Å²) >= 11 is 0. The van der Waals surface area contributed by atoms with Gasteiger partial charge in [0.05, 0.1) is 35.6 Å². The summed E-state index contributed by atoms with van der Waals surface area (Å²) in [6.07, 6.45) is 0. The van der Waals surface area contributed by atoms with Gasteiger partial charge >= 0.3 is 5.97 Å². The lowest BCUT2D eigenvalue weighted by atomic mass is 10.0. The van der Waals surface area contributed by atoms with Crippen molar-refractivity contribution < 1.29 is 23.1 Å². The van der Waals surface area contributed by atoms with Crippen LogP contribution in [0, 0.1) is 5.92 Å². The topological polar surface area (TPSA) is 92.7 Å². The fourth-order valence-corrected chi connectivity index (χ4v) is 3.21. The van der Waals surface area contributed by atoms with Crippen LogP contribution in [0.3, 0.4) is 0 Å². The van der Waals surface area contributed by atoms with Gasteiger partial charge in [0.25, 0.3) is 0 Å². The second kappa shape index (κ2) is 5.80. The Morgan fingerprint density at radius 2 is 2.10 bits per heavy atom. The summed E-state index contributed by atoms with van der Waals surface area (Å²) in [5.41, 5.74) is 0.427. The summed E-state index contributed by atoms with van der Waals surface area (Å²) < 4.78 is 29.2. The van der Waals surface area contributed by atoms with Crippen molar-refractivity contribution in [3.8, 4) is 0 Å². The van der Waals surface area contributed by atoms with Crippen LogP contribution in [0.5, 0.6) is 0 Å². The van der Waals surface area contributed by atoms with Crippen molar-refractivity contribution in [2.75, 3.05) is 24.3 Å². The zero-order valence-corrected chi connectivity index (χ0v) is 11.9. The standard InChI is InChI=1S/C13H17NO5S/c1-2-20(17,18)12-6-4-3-5-10(12)14-11-8-19-7-9(11)13(15)16/h3-6,9,11,14H,2,7-8H2,1H3,(H,15,16). The molecule has 1 aromatic carbocycles. The average Bonchev–Trinajstić information content (AvgIpc) is 2.87. The fraction of sp³-hybridized carbons (Fsp3) is 0.462. The highest BCUT2D eigenvalue weighted by atomic mass is 32.2. The lowest BCUT2D eigenvalue weighted by molar-refractivity contribution is -0.141. The number of carbonyl (C=O) groups is 1. The molecule has 2 unspecified atom stereocenters. The number of para-hydroxylation sites is 1. The van der Waals surface area contributed by atoms with Gasteiger partial charge in [-0.2, -0.15) is 0 Å². The number of carboxylic acid groups (broad SMARTS) is 1. The van der Waals surface area contributed by atoms with Crippen molar-refractivity contribution in [1.29, 1.82) is 0 Å². The minimum Gasteiger partial charge on any atom is -0.481 e. The maximum absolute atomic E-state index is 12.0. The van der Waals surface area contributed by atoms with Crippen molar-refractivity contribution in [2.24, 2.45) is 5.92 Å². The van der Waals surface area contributed by atoms with Crippen LogP contribution in [-0.4, -0.2) is 44.5 Å². The Hall–Kier alpha value is -1.60. The van der Waals surface area contributed by atoms with Crippen LogP contribution in [0.25, 0.3) is 0 Å². The van der Waals surface area contributed by atoms with Gasteiger partial charge in [0.2, 0.25) is 0 Å². The van der Waals surface area contributed by atoms with Gasteiger partial charge in [0.1, 0.15) is 5.92 Å². The van der Waals surface area contributed by atoms with Gasteiger partial charge in [0.15, 0.2) is 9.84 Å². The minimum atomic E-state index is -3.36. The third-order valence-corrected chi connectivity index (χ3v) is 5.13. The van der Waals surface area contributed by atoms with E-state index in [0.717, 1.165) is 0 Å². The molecular weight excluding hydrogens is 282 g/mol. The molecule has 0 saturated carbocycles. The molecule has 1 saturated heterocycles. The highest BCUT2D eigenvalue weighted by molar-refractivity contribution is 7.91. The van der Waals surface area contributed by atoms with E-state index in [9.17, 15) is 13.2 Å². The van der Waals surface area contributed by atoms with E-state index >= 15 is 0 Å². The van der Waals surface area contributed by atoms with E-state index < -0.39 is 27.8 Å². The lowest BCUT2D eigenvalue weighted by Crippen LogP contribution is -2.33. The van der Waals surface area contributed by atoms with Crippen LogP contribution in [0.15, 0.2) is 29.2 Å². The Kier molecular flexibility index (Phi) is 4.29. The summed E-state index contributed by atoms with van der Waals surface area (Å²) in [6, 6.07) is 6.09. The van der Waals surface area contributed by atoms with Crippen LogP contribution >= 0.6 is 0 Å². The van der Waals surface area contributed by atoms with Crippen LogP contribution < -0.4 is 5.32 Å². The number of carboxylic acids is 1. The Morgan fingerprint density at radius 3 is 2.75 bits per heavy atom. The first kappa shape index (κ1) is 14.8. The number of nitrogens with one attached hydrogen (secondary N) is 1. The molecule has 0 amide bonds. The summed E-state index contributed by atoms with van der Waals surface area (Å²) in [7, 11) is -3.36. The van der Waals surface area contributed by atoms with E-state index in [-0.39, 0.29) is 23.9 Å². The minimum absolute atomic E-state index is 0.00474. The molecule has 1 heterocycles. The normalized spacial score (nSPS) is 22.6. The second-order valence-electron chi connectivity index (χ2n) is 4.63. The molecule has 1 aliphatic rings. The van der Waals surface area contributed by atoms with Crippen molar-refractivity contribution in [1.82, 2.24) is 0 Å². The maximum atomic E-state index is 12.0. The number of aliphatic carboxylic acids is 1. The van der Waals surface area contributed by atoms with Crippen molar-refractivity contribution in [3.05, 3.63) is 24.3 Å². The monoisotopic (exact) mass is 299 g/mol. The Labute approximate surface area is 117 Å². The molecule has 0 aliphatic carbocycles. The summed E-state index contributed by atoms with van der Waals surface area (Å²) in [6.45, 7) is 1.96. The molecule has 0 radical (unpaired) electrons. The van der Waals surface area contributed by atoms with Gasteiger partial charge < -0.3 is 15.2 Å². The first-order chi connectivity index (χ1) is 9.45. The fourth-order valence-electron chi connectivity index (χ4n) is 2.15. The number of sulfone groups is 1. The Morgan fingerprint density at radius 1 is 1.40 bits per heavy atom.